The normalized spacial score (nSPS) is 16.9. The lowest BCUT2D eigenvalue weighted by molar-refractivity contribution is -0.114. The third-order valence-electron chi connectivity index (χ3n) is 5.78. The first-order chi connectivity index (χ1) is 16.8. The Morgan fingerprint density at radius 3 is 2.46 bits per heavy atom. The summed E-state index contributed by atoms with van der Waals surface area (Å²) < 4.78 is 0. The van der Waals surface area contributed by atoms with Crippen molar-refractivity contribution in [2.45, 2.75) is 12.7 Å². The Morgan fingerprint density at radius 1 is 0.971 bits per heavy atom. The second-order valence-electron chi connectivity index (χ2n) is 8.60. The first-order valence-electron chi connectivity index (χ1n) is 11.4. The van der Waals surface area contributed by atoms with E-state index >= 15 is 0 Å². The number of carbonyl (C=O) groups excluding carboxylic acids is 1. The molecule has 0 fully saturated rings. The minimum Gasteiger partial charge on any atom is -0.350 e. The average molecular weight is 467 g/mol. The first kappa shape index (κ1) is 24.1. The Labute approximate surface area is 205 Å². The lowest BCUT2D eigenvalue weighted by Gasteiger charge is -2.19. The van der Waals surface area contributed by atoms with Crippen molar-refractivity contribution in [3.63, 3.8) is 0 Å². The quantitative estimate of drug-likeness (QED) is 0.269. The van der Waals surface area contributed by atoms with Crippen molar-refractivity contribution in [1.29, 1.82) is 0 Å². The van der Waals surface area contributed by atoms with Gasteiger partial charge in [-0.15, -0.1) is 0 Å². The number of nitrogens with two attached hydrogens (primary N) is 3. The molecule has 4 rings (SSSR count). The van der Waals surface area contributed by atoms with Gasteiger partial charge in [-0.3, -0.25) is 27.0 Å². The monoisotopic (exact) mass is 466 g/mol. The van der Waals surface area contributed by atoms with Crippen LogP contribution in [0.15, 0.2) is 90.1 Å². The van der Waals surface area contributed by atoms with E-state index in [1.54, 1.807) is 24.3 Å². The number of rotatable bonds is 7. The summed E-state index contributed by atoms with van der Waals surface area (Å²) in [4.78, 5) is 17.0. The molecular formula is C28H30N6O. The van der Waals surface area contributed by atoms with E-state index < -0.39 is 5.79 Å². The molecule has 0 aliphatic carbocycles. The molecule has 1 unspecified atom stereocenters. The maximum absolute atomic E-state index is 12.5. The van der Waals surface area contributed by atoms with Crippen LogP contribution in [0.3, 0.4) is 0 Å². The van der Waals surface area contributed by atoms with Crippen LogP contribution in [-0.2, 0) is 10.6 Å². The Balaban J connectivity index is 1.38. The molecule has 1 aliphatic rings. The molecule has 7 heteroatoms. The molecule has 35 heavy (non-hydrogen) atoms. The van der Waals surface area contributed by atoms with Crippen LogP contribution in [0.4, 0.5) is 5.69 Å². The highest BCUT2D eigenvalue weighted by Gasteiger charge is 2.23. The number of carbonyl (C=O) groups is 1. The average Bonchev–Trinajstić information content (AvgIpc) is 3.22. The molecule has 0 saturated heterocycles. The van der Waals surface area contributed by atoms with Crippen molar-refractivity contribution in [3.05, 3.63) is 107 Å². The Bertz CT molecular complexity index is 1290. The fourth-order valence-corrected chi connectivity index (χ4v) is 3.87. The van der Waals surface area contributed by atoms with E-state index in [4.69, 9.17) is 17.2 Å². The summed E-state index contributed by atoms with van der Waals surface area (Å²) in [5.41, 5.74) is 22.8. The zero-order valence-corrected chi connectivity index (χ0v) is 19.6. The molecule has 7 nitrogen and oxygen atoms in total. The van der Waals surface area contributed by atoms with Crippen LogP contribution in [0.5, 0.6) is 0 Å². The van der Waals surface area contributed by atoms with E-state index in [1.165, 1.54) is 0 Å². The maximum atomic E-state index is 12.5. The molecule has 0 aromatic heterocycles. The SMILES string of the molecule is CC1C(c2cccc(/C=C/c3ccccc3)c2)=CNC1=NCC(=O)Nc1cccc(C(N)(N)N)c1. The summed E-state index contributed by atoms with van der Waals surface area (Å²) >= 11 is 0. The topological polar surface area (TPSA) is 132 Å². The van der Waals surface area contributed by atoms with Crippen LogP contribution in [0, 0.1) is 5.92 Å². The van der Waals surface area contributed by atoms with E-state index in [0.29, 0.717) is 11.3 Å². The second-order valence-corrected chi connectivity index (χ2v) is 8.60. The third-order valence-corrected chi connectivity index (χ3v) is 5.78. The van der Waals surface area contributed by atoms with Crippen molar-refractivity contribution in [2.24, 2.45) is 28.1 Å². The van der Waals surface area contributed by atoms with Gasteiger partial charge in [-0.2, -0.15) is 0 Å². The summed E-state index contributed by atoms with van der Waals surface area (Å²) in [6.45, 7) is 2.05. The second kappa shape index (κ2) is 10.5. The molecule has 0 spiro atoms. The van der Waals surface area contributed by atoms with Gasteiger partial charge < -0.3 is 10.6 Å². The highest BCUT2D eigenvalue weighted by molar-refractivity contribution is 6.02. The van der Waals surface area contributed by atoms with Crippen LogP contribution in [0.2, 0.25) is 0 Å². The smallest absolute Gasteiger partial charge is 0.246 e. The third kappa shape index (κ3) is 6.30. The molecule has 3 aromatic rings. The minimum absolute atomic E-state index is 0.0170. The van der Waals surface area contributed by atoms with Gasteiger partial charge in [0, 0.05) is 23.4 Å². The number of amidine groups is 1. The van der Waals surface area contributed by atoms with Crippen molar-refractivity contribution < 1.29 is 4.79 Å². The number of hydrogen-bond donors (Lipinski definition) is 5. The summed E-state index contributed by atoms with van der Waals surface area (Å²) in [5, 5.41) is 6.03. The zero-order chi connectivity index (χ0) is 24.8. The Hall–Kier alpha value is -4.04. The predicted molar refractivity (Wildman–Crippen MR) is 144 cm³/mol. The van der Waals surface area contributed by atoms with Gasteiger partial charge in [0.25, 0.3) is 0 Å². The lowest BCUT2D eigenvalue weighted by atomic mass is 9.94. The van der Waals surface area contributed by atoms with Crippen molar-refractivity contribution in [2.75, 3.05) is 11.9 Å². The van der Waals surface area contributed by atoms with Gasteiger partial charge in [-0.1, -0.05) is 79.7 Å². The molecule has 1 atom stereocenters. The van der Waals surface area contributed by atoms with Crippen LogP contribution in [0.25, 0.3) is 17.7 Å². The van der Waals surface area contributed by atoms with Crippen LogP contribution < -0.4 is 27.8 Å². The van der Waals surface area contributed by atoms with Crippen LogP contribution in [0.1, 0.15) is 29.2 Å². The molecule has 3 aromatic carbocycles. The zero-order valence-electron chi connectivity index (χ0n) is 19.6. The molecule has 1 aliphatic heterocycles. The maximum Gasteiger partial charge on any atom is 0.246 e. The molecule has 1 heterocycles. The van der Waals surface area contributed by atoms with E-state index in [2.05, 4.69) is 65.0 Å². The highest BCUT2D eigenvalue weighted by Crippen LogP contribution is 2.28. The van der Waals surface area contributed by atoms with E-state index in [-0.39, 0.29) is 18.4 Å². The fourth-order valence-electron chi connectivity index (χ4n) is 3.87. The minimum atomic E-state index is -1.47. The number of benzene rings is 3. The molecule has 0 radical (unpaired) electrons. The number of nitrogens with zero attached hydrogens (tertiary/aromatic N) is 1. The molecule has 0 saturated carbocycles. The van der Waals surface area contributed by atoms with Gasteiger partial charge >= 0.3 is 0 Å². The van der Waals surface area contributed by atoms with E-state index in [9.17, 15) is 4.79 Å². The molecular weight excluding hydrogens is 436 g/mol. The standard InChI is InChI=1S/C28H30N6O/c1-19-25(22-10-5-9-21(15-22)14-13-20-7-3-2-4-8-20)17-32-27(19)33-18-26(35)34-24-12-6-11-23(16-24)28(29,30)31/h2-17,19H,18,29-31H2,1H3,(H,32,33)(H,34,35)/b14-13+. The fraction of sp³-hybridized carbons (Fsp3) is 0.143. The molecule has 178 valence electrons. The molecule has 0 bridgehead atoms. The van der Waals surface area contributed by atoms with Crippen LogP contribution in [-0.4, -0.2) is 18.3 Å². The van der Waals surface area contributed by atoms with Crippen molar-refractivity contribution in [1.82, 2.24) is 5.32 Å². The van der Waals surface area contributed by atoms with E-state index in [1.807, 2.05) is 30.5 Å². The Morgan fingerprint density at radius 2 is 1.69 bits per heavy atom. The van der Waals surface area contributed by atoms with Crippen LogP contribution >= 0.6 is 0 Å². The van der Waals surface area contributed by atoms with Gasteiger partial charge in [0.1, 0.15) is 18.2 Å². The largest absolute Gasteiger partial charge is 0.350 e. The van der Waals surface area contributed by atoms with Crippen molar-refractivity contribution >= 4 is 35.2 Å². The summed E-state index contributed by atoms with van der Waals surface area (Å²) in [7, 11) is 0. The van der Waals surface area contributed by atoms with Gasteiger partial charge in [0.05, 0.1) is 0 Å². The van der Waals surface area contributed by atoms with E-state index in [0.717, 1.165) is 28.1 Å². The summed E-state index contributed by atoms with van der Waals surface area (Å²) in [5.74, 6) is -0.936. The highest BCUT2D eigenvalue weighted by atomic mass is 16.1. The first-order valence-corrected chi connectivity index (χ1v) is 11.4. The summed E-state index contributed by atoms with van der Waals surface area (Å²) in [6.07, 6.45) is 6.15. The number of hydrogen-bond acceptors (Lipinski definition) is 5. The van der Waals surface area contributed by atoms with Gasteiger partial charge in [0.2, 0.25) is 5.91 Å². The van der Waals surface area contributed by atoms with Crippen molar-refractivity contribution in [3.8, 4) is 0 Å². The molecule has 8 N–H and O–H groups in total. The van der Waals surface area contributed by atoms with Gasteiger partial charge in [-0.05, 0) is 40.5 Å². The van der Waals surface area contributed by atoms with Gasteiger partial charge in [-0.25, -0.2) is 0 Å². The lowest BCUT2D eigenvalue weighted by Crippen LogP contribution is -2.54. The number of amides is 1. The number of anilines is 1. The number of aliphatic imine (C=N–C) groups is 1. The summed E-state index contributed by atoms with van der Waals surface area (Å²) in [6, 6.07) is 25.4. The Kier molecular flexibility index (Phi) is 7.22. The van der Waals surface area contributed by atoms with Gasteiger partial charge in [0.15, 0.2) is 0 Å². The molecule has 1 amide bonds. The predicted octanol–water partition coefficient (Wildman–Crippen LogP) is 3.46. The number of nitrogens with one attached hydrogen (secondary N) is 2.